The molecule has 2 aliphatic rings. The fraction of sp³-hybridized carbons (Fsp3) is 0.750. The molecule has 0 radical (unpaired) electrons. The standard InChI is InChI=1S/C12H19NO2/c1-2-10-7-12(14)13(8-10)9-11-5-3-4-6-15-11/h2,10-11H,1,3-9H2. The highest BCUT2D eigenvalue weighted by Crippen LogP contribution is 2.21. The summed E-state index contributed by atoms with van der Waals surface area (Å²) in [4.78, 5) is 13.6. The number of carbonyl (C=O) groups excluding carboxylic acids is 1. The lowest BCUT2D eigenvalue weighted by Crippen LogP contribution is -2.36. The molecule has 0 aliphatic carbocycles. The minimum Gasteiger partial charge on any atom is -0.376 e. The lowest BCUT2D eigenvalue weighted by atomic mass is 10.1. The summed E-state index contributed by atoms with van der Waals surface area (Å²) in [6.07, 6.45) is 6.29. The van der Waals surface area contributed by atoms with Crippen LogP contribution in [0.5, 0.6) is 0 Å². The van der Waals surface area contributed by atoms with Crippen LogP contribution in [-0.2, 0) is 9.53 Å². The summed E-state index contributed by atoms with van der Waals surface area (Å²) in [7, 11) is 0. The van der Waals surface area contributed by atoms with Crippen molar-refractivity contribution in [2.45, 2.75) is 31.8 Å². The third-order valence-corrected chi connectivity index (χ3v) is 3.28. The van der Waals surface area contributed by atoms with E-state index in [9.17, 15) is 4.79 Å². The molecule has 15 heavy (non-hydrogen) atoms. The van der Waals surface area contributed by atoms with Gasteiger partial charge in [0.25, 0.3) is 0 Å². The van der Waals surface area contributed by atoms with E-state index in [0.29, 0.717) is 12.3 Å². The third kappa shape index (κ3) is 2.59. The van der Waals surface area contributed by atoms with Crippen molar-refractivity contribution < 1.29 is 9.53 Å². The van der Waals surface area contributed by atoms with Crippen molar-refractivity contribution in [3.8, 4) is 0 Å². The average Bonchev–Trinajstić information content (AvgIpc) is 2.61. The largest absolute Gasteiger partial charge is 0.376 e. The Morgan fingerprint density at radius 2 is 2.40 bits per heavy atom. The van der Waals surface area contributed by atoms with Crippen molar-refractivity contribution in [2.24, 2.45) is 5.92 Å². The van der Waals surface area contributed by atoms with Gasteiger partial charge >= 0.3 is 0 Å². The molecule has 0 spiro atoms. The second-order valence-electron chi connectivity index (χ2n) is 4.49. The van der Waals surface area contributed by atoms with Crippen LogP contribution in [0.3, 0.4) is 0 Å². The molecule has 0 aromatic carbocycles. The van der Waals surface area contributed by atoms with E-state index in [1.165, 1.54) is 12.8 Å². The Morgan fingerprint density at radius 1 is 1.53 bits per heavy atom. The number of carbonyl (C=O) groups is 1. The summed E-state index contributed by atoms with van der Waals surface area (Å²) in [6.45, 7) is 6.22. The number of likely N-dealkylation sites (tertiary alicyclic amines) is 1. The zero-order chi connectivity index (χ0) is 10.7. The lowest BCUT2D eigenvalue weighted by Gasteiger charge is -2.27. The zero-order valence-electron chi connectivity index (χ0n) is 9.15. The third-order valence-electron chi connectivity index (χ3n) is 3.28. The first-order chi connectivity index (χ1) is 7.29. The second kappa shape index (κ2) is 4.79. The fourth-order valence-corrected chi connectivity index (χ4v) is 2.33. The van der Waals surface area contributed by atoms with Gasteiger partial charge in [-0.15, -0.1) is 6.58 Å². The molecule has 2 fully saturated rings. The van der Waals surface area contributed by atoms with Gasteiger partial charge in [0.05, 0.1) is 6.10 Å². The first-order valence-electron chi connectivity index (χ1n) is 5.81. The van der Waals surface area contributed by atoms with E-state index in [-0.39, 0.29) is 12.0 Å². The van der Waals surface area contributed by atoms with Gasteiger partial charge < -0.3 is 9.64 Å². The van der Waals surface area contributed by atoms with Crippen LogP contribution in [0.4, 0.5) is 0 Å². The molecule has 2 rings (SSSR count). The van der Waals surface area contributed by atoms with Crippen LogP contribution in [0.25, 0.3) is 0 Å². The Hall–Kier alpha value is -0.830. The predicted molar refractivity (Wildman–Crippen MR) is 58.5 cm³/mol. The smallest absolute Gasteiger partial charge is 0.223 e. The minimum absolute atomic E-state index is 0.258. The summed E-state index contributed by atoms with van der Waals surface area (Å²) in [5.41, 5.74) is 0. The van der Waals surface area contributed by atoms with Gasteiger partial charge in [-0.3, -0.25) is 4.79 Å². The Kier molecular flexibility index (Phi) is 3.41. The molecule has 2 atom stereocenters. The molecule has 3 nitrogen and oxygen atoms in total. The van der Waals surface area contributed by atoms with Crippen LogP contribution in [0.1, 0.15) is 25.7 Å². The van der Waals surface area contributed by atoms with Crippen molar-refractivity contribution in [1.29, 1.82) is 0 Å². The molecule has 2 aliphatic heterocycles. The van der Waals surface area contributed by atoms with Gasteiger partial charge in [0.2, 0.25) is 5.91 Å². The molecule has 3 heteroatoms. The predicted octanol–water partition coefficient (Wildman–Crippen LogP) is 1.59. The zero-order valence-corrected chi connectivity index (χ0v) is 9.15. The highest BCUT2D eigenvalue weighted by molar-refractivity contribution is 5.79. The molecule has 2 saturated heterocycles. The van der Waals surface area contributed by atoms with E-state index < -0.39 is 0 Å². The van der Waals surface area contributed by atoms with Gasteiger partial charge in [-0.05, 0) is 19.3 Å². The number of ether oxygens (including phenoxy) is 1. The normalized spacial score (nSPS) is 32.0. The Morgan fingerprint density at radius 3 is 3.00 bits per heavy atom. The lowest BCUT2D eigenvalue weighted by molar-refractivity contribution is -0.130. The van der Waals surface area contributed by atoms with Crippen molar-refractivity contribution in [2.75, 3.05) is 19.7 Å². The van der Waals surface area contributed by atoms with E-state index in [1.54, 1.807) is 0 Å². The molecule has 0 saturated carbocycles. The van der Waals surface area contributed by atoms with Gasteiger partial charge in [-0.1, -0.05) is 6.08 Å². The highest BCUT2D eigenvalue weighted by Gasteiger charge is 2.29. The van der Waals surface area contributed by atoms with E-state index in [0.717, 1.165) is 26.1 Å². The van der Waals surface area contributed by atoms with Crippen molar-refractivity contribution in [3.05, 3.63) is 12.7 Å². The monoisotopic (exact) mass is 209 g/mol. The van der Waals surface area contributed by atoms with Gasteiger partial charge in [-0.2, -0.15) is 0 Å². The molecule has 0 aromatic heterocycles. The van der Waals surface area contributed by atoms with Gasteiger partial charge in [-0.25, -0.2) is 0 Å². The van der Waals surface area contributed by atoms with E-state index in [4.69, 9.17) is 4.74 Å². The van der Waals surface area contributed by atoms with Crippen molar-refractivity contribution in [1.82, 2.24) is 4.90 Å². The van der Waals surface area contributed by atoms with Crippen LogP contribution >= 0.6 is 0 Å². The highest BCUT2D eigenvalue weighted by atomic mass is 16.5. The summed E-state index contributed by atoms with van der Waals surface area (Å²) in [6, 6.07) is 0. The summed E-state index contributed by atoms with van der Waals surface area (Å²) < 4.78 is 5.64. The van der Waals surface area contributed by atoms with Crippen molar-refractivity contribution in [3.63, 3.8) is 0 Å². The maximum atomic E-state index is 11.6. The maximum Gasteiger partial charge on any atom is 0.223 e. The van der Waals surface area contributed by atoms with E-state index >= 15 is 0 Å². The van der Waals surface area contributed by atoms with Gasteiger partial charge in [0.15, 0.2) is 0 Å². The molecule has 2 heterocycles. The summed E-state index contributed by atoms with van der Waals surface area (Å²) in [5, 5.41) is 0. The first kappa shape index (κ1) is 10.7. The van der Waals surface area contributed by atoms with Crippen LogP contribution in [-0.4, -0.2) is 36.6 Å². The minimum atomic E-state index is 0.258. The van der Waals surface area contributed by atoms with Gasteiger partial charge in [0, 0.05) is 32.0 Å². The maximum absolute atomic E-state index is 11.6. The molecule has 84 valence electrons. The number of rotatable bonds is 3. The topological polar surface area (TPSA) is 29.5 Å². The van der Waals surface area contributed by atoms with E-state index in [2.05, 4.69) is 6.58 Å². The van der Waals surface area contributed by atoms with Crippen LogP contribution in [0.15, 0.2) is 12.7 Å². The first-order valence-corrected chi connectivity index (χ1v) is 5.81. The molecule has 0 aromatic rings. The van der Waals surface area contributed by atoms with Crippen molar-refractivity contribution >= 4 is 5.91 Å². The second-order valence-corrected chi connectivity index (χ2v) is 4.49. The van der Waals surface area contributed by atoms with Crippen LogP contribution < -0.4 is 0 Å². The number of hydrogen-bond donors (Lipinski definition) is 0. The number of hydrogen-bond acceptors (Lipinski definition) is 2. The van der Waals surface area contributed by atoms with Crippen LogP contribution in [0, 0.1) is 5.92 Å². The molecular formula is C12H19NO2. The Balaban J connectivity index is 1.83. The quantitative estimate of drug-likeness (QED) is 0.661. The number of amides is 1. The molecule has 0 N–H and O–H groups in total. The molecule has 1 amide bonds. The SMILES string of the molecule is C=CC1CC(=O)N(CC2CCCCO2)C1. The fourth-order valence-electron chi connectivity index (χ4n) is 2.33. The van der Waals surface area contributed by atoms with Crippen LogP contribution in [0.2, 0.25) is 0 Å². The molecule has 2 unspecified atom stereocenters. The molecule has 0 bridgehead atoms. The van der Waals surface area contributed by atoms with Gasteiger partial charge in [0.1, 0.15) is 0 Å². The average molecular weight is 209 g/mol. The summed E-state index contributed by atoms with van der Waals surface area (Å²) in [5.74, 6) is 0.607. The number of nitrogens with zero attached hydrogens (tertiary/aromatic N) is 1. The molecular weight excluding hydrogens is 190 g/mol. The van der Waals surface area contributed by atoms with E-state index in [1.807, 2.05) is 11.0 Å². The Bertz CT molecular complexity index is 246. The Labute approximate surface area is 91.1 Å². The summed E-state index contributed by atoms with van der Waals surface area (Å²) >= 11 is 0.